The summed E-state index contributed by atoms with van der Waals surface area (Å²) in [6, 6.07) is 8.63. The number of esters is 1. The molecule has 1 heterocycles. The number of aromatic nitrogens is 1. The lowest BCUT2D eigenvalue weighted by atomic mass is 9.85. The van der Waals surface area contributed by atoms with Crippen LogP contribution < -0.4 is 5.73 Å². The van der Waals surface area contributed by atoms with E-state index in [1.807, 2.05) is 90.3 Å². The predicted octanol–water partition coefficient (Wildman–Crippen LogP) is 7.97. The maximum absolute atomic E-state index is 15.2. The van der Waals surface area contributed by atoms with Crippen molar-refractivity contribution in [2.75, 3.05) is 21.1 Å². The van der Waals surface area contributed by atoms with Crippen LogP contribution >= 0.6 is 0 Å². The minimum Gasteiger partial charge on any atom is -0.479 e. The van der Waals surface area contributed by atoms with Crippen molar-refractivity contribution in [3.05, 3.63) is 71.4 Å². The van der Waals surface area contributed by atoms with Crippen LogP contribution in [-0.4, -0.2) is 117 Å². The molecule has 0 radical (unpaired) electrons. The fourth-order valence-corrected chi connectivity index (χ4v) is 9.29. The molecule has 0 saturated carbocycles. The number of carboxylic acid groups (broad SMARTS) is 1. The highest BCUT2D eigenvalue weighted by atomic mass is 19.2. The molecule has 3 aromatic rings. The summed E-state index contributed by atoms with van der Waals surface area (Å²) >= 11 is 0. The summed E-state index contributed by atoms with van der Waals surface area (Å²) in [5.41, 5.74) is 8.16. The van der Waals surface area contributed by atoms with Crippen LogP contribution in [0.2, 0.25) is 0 Å². The number of hydrogen-bond acceptors (Lipinski definition) is 10. The zero-order valence-corrected chi connectivity index (χ0v) is 44.3. The first kappa shape index (κ1) is 60.3. The molecule has 0 unspecified atom stereocenters. The highest BCUT2D eigenvalue weighted by molar-refractivity contribution is 5.97. The van der Waals surface area contributed by atoms with E-state index < -0.39 is 83.3 Å². The van der Waals surface area contributed by atoms with Gasteiger partial charge in [0.25, 0.3) is 0 Å². The number of hydrogen-bond donors (Lipinski definition) is 2. The van der Waals surface area contributed by atoms with Crippen molar-refractivity contribution in [3.8, 4) is 6.07 Å². The highest BCUT2D eigenvalue weighted by Gasteiger charge is 2.39. The molecular formula is C55H78F2N6O9. The number of carbonyl (C=O) groups is 7. The Balaban J connectivity index is 2.14. The van der Waals surface area contributed by atoms with Crippen molar-refractivity contribution in [2.24, 2.45) is 41.2 Å². The molecule has 72 heavy (non-hydrogen) atoms. The number of ketones is 2. The van der Waals surface area contributed by atoms with Gasteiger partial charge in [0.15, 0.2) is 29.3 Å². The van der Waals surface area contributed by atoms with E-state index >= 15 is 9.59 Å². The monoisotopic (exact) mass is 1000 g/mol. The number of nitrogens with zero attached hydrogens (tertiary/aromatic N) is 5. The molecule has 0 bridgehead atoms. The Labute approximate surface area is 424 Å². The number of nitriles is 1. The smallest absolute Gasteiger partial charge is 0.345 e. The molecule has 1 aromatic heterocycles. The number of para-hydroxylation sites is 1. The van der Waals surface area contributed by atoms with Gasteiger partial charge in [-0.15, -0.1) is 0 Å². The number of carboxylic acids is 1. The molecular weight excluding hydrogens is 927 g/mol. The van der Waals surface area contributed by atoms with E-state index in [1.54, 1.807) is 13.2 Å². The summed E-state index contributed by atoms with van der Waals surface area (Å²) in [7, 11) is 4.43. The molecule has 0 aliphatic rings. The normalized spacial score (nSPS) is 14.6. The lowest BCUT2D eigenvalue weighted by Gasteiger charge is -2.34. The van der Waals surface area contributed by atoms with E-state index in [-0.39, 0.29) is 86.9 Å². The van der Waals surface area contributed by atoms with Crippen LogP contribution in [0.15, 0.2) is 48.7 Å². The second-order valence-electron chi connectivity index (χ2n) is 21.1. The fourth-order valence-electron chi connectivity index (χ4n) is 9.29. The van der Waals surface area contributed by atoms with Crippen molar-refractivity contribution in [3.63, 3.8) is 0 Å². The summed E-state index contributed by atoms with van der Waals surface area (Å²) in [5.74, 6) is -8.66. The molecule has 3 N–H and O–H groups in total. The number of halogens is 2. The molecule has 0 aliphatic carbocycles. The predicted molar refractivity (Wildman–Crippen MR) is 271 cm³/mol. The molecule has 0 saturated heterocycles. The molecule has 0 spiro atoms. The molecule has 0 fully saturated rings. The second-order valence-corrected chi connectivity index (χ2v) is 21.1. The summed E-state index contributed by atoms with van der Waals surface area (Å²) in [6.45, 7) is 16.9. The molecule has 15 nitrogen and oxygen atoms in total. The number of ether oxygens (including phenoxy) is 1. The molecule has 2 aromatic carbocycles. The largest absolute Gasteiger partial charge is 0.479 e. The fraction of sp³-hybridized carbons (Fsp3) is 0.600. The number of Topliss-reactive ketones (excluding diaryl/α,β-unsaturated/α-hetero) is 2. The van der Waals surface area contributed by atoms with Crippen molar-refractivity contribution >= 4 is 52.1 Å². The van der Waals surface area contributed by atoms with E-state index in [1.165, 1.54) is 36.9 Å². The Hall–Kier alpha value is -6.02. The van der Waals surface area contributed by atoms with E-state index in [0.717, 1.165) is 27.9 Å². The number of amides is 3. The van der Waals surface area contributed by atoms with Crippen LogP contribution in [0.25, 0.3) is 10.9 Å². The average molecular weight is 1010 g/mol. The first-order chi connectivity index (χ1) is 33.7. The standard InChI is InChI=1S/C55H78F2N6O9/c1-32(2)22-38(51(66)60(10)36(9)55(71)72-50(54(69)70)18-15-21-58)28-49(65)47(27-40-31-63(45-17-14-13-16-41(40)45)30-37-19-20-42(56)43(57)26-37)61(11)52(67)39(23-33(3)4)29-48(64)46(25-35(7)8)62(12)53(68)44(59)24-34(5)6/h13-14,16-17,19-20,26,31-36,38-39,44,46-47,50H,15,18,22-25,27-30,59H2,1-12H3,(H,69,70)/t36-,38+,39+,44-,46-,47-,50+/m0/s1. The van der Waals surface area contributed by atoms with Crippen LogP contribution in [0.5, 0.6) is 0 Å². The molecule has 0 aliphatic heterocycles. The van der Waals surface area contributed by atoms with E-state index in [4.69, 9.17) is 15.7 Å². The third-order valence-electron chi connectivity index (χ3n) is 13.2. The van der Waals surface area contributed by atoms with E-state index in [9.17, 15) is 37.9 Å². The maximum Gasteiger partial charge on any atom is 0.345 e. The van der Waals surface area contributed by atoms with Gasteiger partial charge in [-0.25, -0.2) is 18.4 Å². The Bertz CT molecular complexity index is 2410. The summed E-state index contributed by atoms with van der Waals surface area (Å²) < 4.78 is 35.4. The molecule has 17 heteroatoms. The topological polar surface area (TPSA) is 213 Å². The van der Waals surface area contributed by atoms with Crippen molar-refractivity contribution < 1.29 is 52.2 Å². The molecule has 7 atom stereocenters. The number of benzene rings is 2. The number of likely N-dealkylation sites (N-methyl/N-ethyl adjacent to an activating group) is 3. The maximum atomic E-state index is 15.2. The summed E-state index contributed by atoms with van der Waals surface area (Å²) in [6.07, 6.45) is 0.341. The Morgan fingerprint density at radius 1 is 0.708 bits per heavy atom. The SMILES string of the molecule is CC(C)C[C@H](CC(=O)[C@H](Cc1cn(Cc2ccc(F)c(F)c2)c2ccccc12)N(C)C(=O)[C@@H](CC(=O)[C@H](CC(C)C)N(C)C(=O)[C@@H](N)CC(C)C)CC(C)C)C(=O)N(C)[C@@H](C)C(=O)O[C@H](CCC#N)C(=O)O. The van der Waals surface area contributed by atoms with Gasteiger partial charge >= 0.3 is 11.9 Å². The van der Waals surface area contributed by atoms with Crippen LogP contribution in [0.4, 0.5) is 8.78 Å². The van der Waals surface area contributed by atoms with Crippen LogP contribution in [0.3, 0.4) is 0 Å². The Morgan fingerprint density at radius 3 is 1.76 bits per heavy atom. The second kappa shape index (κ2) is 27.7. The third kappa shape index (κ3) is 17.1. The van der Waals surface area contributed by atoms with E-state index in [0.29, 0.717) is 24.0 Å². The van der Waals surface area contributed by atoms with Gasteiger partial charge in [-0.2, -0.15) is 5.26 Å². The Kier molecular flexibility index (Phi) is 23.2. The zero-order chi connectivity index (χ0) is 54.3. The first-order valence-corrected chi connectivity index (χ1v) is 25.1. The van der Waals surface area contributed by atoms with Gasteiger partial charge in [0.2, 0.25) is 17.7 Å². The van der Waals surface area contributed by atoms with Gasteiger partial charge in [0.05, 0.1) is 24.2 Å². The van der Waals surface area contributed by atoms with Crippen molar-refractivity contribution in [1.29, 1.82) is 5.26 Å². The van der Waals surface area contributed by atoms with Crippen LogP contribution in [0, 0.1) is 58.5 Å². The van der Waals surface area contributed by atoms with Gasteiger partial charge in [-0.05, 0) is 85.6 Å². The molecule has 3 rings (SSSR count). The van der Waals surface area contributed by atoms with Gasteiger partial charge in [0.1, 0.15) is 6.04 Å². The number of carbonyl (C=O) groups excluding carboxylic acids is 6. The number of nitrogens with two attached hydrogens (primary N) is 1. The van der Waals surface area contributed by atoms with Gasteiger partial charge in [-0.3, -0.25) is 24.0 Å². The number of rotatable bonds is 29. The van der Waals surface area contributed by atoms with Gasteiger partial charge in [-0.1, -0.05) is 79.7 Å². The summed E-state index contributed by atoms with van der Waals surface area (Å²) in [4.78, 5) is 102. The third-order valence-corrected chi connectivity index (χ3v) is 13.2. The molecule has 3 amide bonds. The van der Waals surface area contributed by atoms with Crippen molar-refractivity contribution in [1.82, 2.24) is 19.3 Å². The summed E-state index contributed by atoms with van der Waals surface area (Å²) in [5, 5.41) is 19.3. The van der Waals surface area contributed by atoms with Gasteiger partial charge < -0.3 is 34.8 Å². The van der Waals surface area contributed by atoms with Crippen LogP contribution in [0.1, 0.15) is 125 Å². The number of aliphatic carboxylic acids is 1. The van der Waals surface area contributed by atoms with Gasteiger partial charge in [0, 0.05) is 88.7 Å². The van der Waals surface area contributed by atoms with Crippen LogP contribution in [-0.2, 0) is 51.3 Å². The minimum atomic E-state index is -1.61. The average Bonchev–Trinajstić information content (AvgIpc) is 3.65. The zero-order valence-electron chi connectivity index (χ0n) is 44.3. The quantitative estimate of drug-likeness (QED) is 0.0637. The first-order valence-electron chi connectivity index (χ1n) is 25.1. The Morgan fingerprint density at radius 2 is 1.24 bits per heavy atom. The van der Waals surface area contributed by atoms with Crippen molar-refractivity contribution in [2.45, 2.75) is 157 Å². The lowest BCUT2D eigenvalue weighted by Crippen LogP contribution is -2.51. The minimum absolute atomic E-state index is 0.00825. The highest BCUT2D eigenvalue weighted by Crippen LogP contribution is 2.30. The number of fused-ring (bicyclic) bond motifs is 1. The lowest BCUT2D eigenvalue weighted by molar-refractivity contribution is -0.169. The van der Waals surface area contributed by atoms with E-state index in [2.05, 4.69) is 0 Å². The molecule has 396 valence electrons.